The van der Waals surface area contributed by atoms with Crippen molar-refractivity contribution < 1.29 is 30.0 Å². The fraction of sp³-hybridized carbons (Fsp3) is 0.500. The van der Waals surface area contributed by atoms with Crippen molar-refractivity contribution in [2.45, 2.75) is 25.7 Å². The molecule has 0 aromatic heterocycles. The van der Waals surface area contributed by atoms with Gasteiger partial charge in [-0.15, -0.1) is 0 Å². The minimum absolute atomic E-state index is 0.0201. The molecule has 0 atom stereocenters. The summed E-state index contributed by atoms with van der Waals surface area (Å²) < 4.78 is 0. The number of carboxylic acids is 2. The van der Waals surface area contributed by atoms with Crippen LogP contribution in [0.1, 0.15) is 25.7 Å². The second kappa shape index (κ2) is 11.8. The maximum atomic E-state index is 10.0. The molecule has 18 heavy (non-hydrogen) atoms. The Bertz CT molecular complexity index is 265. The van der Waals surface area contributed by atoms with Gasteiger partial charge < -0.3 is 20.4 Å². The molecule has 0 unspecified atom stereocenters. The standard InChI is InChI=1S/2C6H10O3/c2*1-5(6(8)9)3-2-4-7/h2*7H,1-4H2,(H,8,9). The molecule has 0 aliphatic carbocycles. The molecule has 0 spiro atoms. The van der Waals surface area contributed by atoms with Crippen molar-refractivity contribution in [3.05, 3.63) is 24.3 Å². The van der Waals surface area contributed by atoms with Gasteiger partial charge in [-0.05, 0) is 25.7 Å². The number of carbonyl (C=O) groups is 2. The van der Waals surface area contributed by atoms with Crippen LogP contribution in [0.4, 0.5) is 0 Å². The van der Waals surface area contributed by atoms with Crippen LogP contribution in [0.3, 0.4) is 0 Å². The van der Waals surface area contributed by atoms with Crippen molar-refractivity contribution in [1.82, 2.24) is 0 Å². The van der Waals surface area contributed by atoms with E-state index in [1.807, 2.05) is 0 Å². The molecule has 6 heteroatoms. The molecule has 0 rings (SSSR count). The van der Waals surface area contributed by atoms with Crippen LogP contribution in [0.25, 0.3) is 0 Å². The third kappa shape index (κ3) is 12.4. The largest absolute Gasteiger partial charge is 0.478 e. The number of aliphatic carboxylic acids is 2. The zero-order chi connectivity index (χ0) is 14.6. The van der Waals surface area contributed by atoms with Gasteiger partial charge in [0, 0.05) is 24.4 Å². The van der Waals surface area contributed by atoms with Crippen LogP contribution >= 0.6 is 0 Å². The quantitative estimate of drug-likeness (QED) is 0.480. The highest BCUT2D eigenvalue weighted by Gasteiger charge is 2.01. The highest BCUT2D eigenvalue weighted by Crippen LogP contribution is 2.00. The number of hydrogen-bond donors (Lipinski definition) is 4. The van der Waals surface area contributed by atoms with E-state index < -0.39 is 11.9 Å². The van der Waals surface area contributed by atoms with Gasteiger partial charge in [0.25, 0.3) is 0 Å². The second-order valence-corrected chi connectivity index (χ2v) is 3.47. The average molecular weight is 260 g/mol. The maximum absolute atomic E-state index is 10.0. The lowest BCUT2D eigenvalue weighted by molar-refractivity contribution is -0.133. The van der Waals surface area contributed by atoms with Crippen molar-refractivity contribution >= 4 is 11.9 Å². The van der Waals surface area contributed by atoms with Crippen LogP contribution in [-0.4, -0.2) is 45.6 Å². The topological polar surface area (TPSA) is 115 Å². The minimum atomic E-state index is -0.983. The number of aliphatic hydroxyl groups is 2. The van der Waals surface area contributed by atoms with Crippen LogP contribution in [0, 0.1) is 0 Å². The predicted octanol–water partition coefficient (Wildman–Crippen LogP) is 0.799. The van der Waals surface area contributed by atoms with Gasteiger partial charge in [0.05, 0.1) is 0 Å². The van der Waals surface area contributed by atoms with E-state index in [1.54, 1.807) is 0 Å². The molecule has 0 saturated carbocycles. The zero-order valence-corrected chi connectivity index (χ0v) is 10.3. The lowest BCUT2D eigenvalue weighted by Gasteiger charge is -1.94. The lowest BCUT2D eigenvalue weighted by Crippen LogP contribution is -1.99. The third-order valence-electron chi connectivity index (χ3n) is 1.88. The molecule has 6 nitrogen and oxygen atoms in total. The summed E-state index contributed by atoms with van der Waals surface area (Å²) in [5.41, 5.74) is 0.313. The SMILES string of the molecule is C=C(CCCO)C(=O)O.C=C(CCCO)C(=O)O. The highest BCUT2D eigenvalue weighted by atomic mass is 16.4. The molecule has 104 valence electrons. The van der Waals surface area contributed by atoms with Gasteiger partial charge in [0.1, 0.15) is 0 Å². The number of aliphatic hydroxyl groups excluding tert-OH is 2. The summed E-state index contributed by atoms with van der Waals surface area (Å²) >= 11 is 0. The van der Waals surface area contributed by atoms with Gasteiger partial charge in [0.15, 0.2) is 0 Å². The van der Waals surface area contributed by atoms with Crippen LogP contribution < -0.4 is 0 Å². The van der Waals surface area contributed by atoms with Gasteiger partial charge in [-0.3, -0.25) is 0 Å². The summed E-state index contributed by atoms with van der Waals surface area (Å²) in [5.74, 6) is -1.97. The normalized spacial score (nSPS) is 9.00. The van der Waals surface area contributed by atoms with Gasteiger partial charge in [-0.2, -0.15) is 0 Å². The molecule has 0 radical (unpaired) electrons. The number of rotatable bonds is 8. The summed E-state index contributed by atoms with van der Waals surface area (Å²) in [4.78, 5) is 20.0. The monoisotopic (exact) mass is 260 g/mol. The molecule has 0 aliphatic rings. The summed E-state index contributed by atoms with van der Waals surface area (Å²) in [7, 11) is 0. The fourth-order valence-electron chi connectivity index (χ4n) is 0.799. The van der Waals surface area contributed by atoms with E-state index in [9.17, 15) is 9.59 Å². The average Bonchev–Trinajstić information content (AvgIpc) is 2.33. The molecule has 4 N–H and O–H groups in total. The van der Waals surface area contributed by atoms with Crippen LogP contribution in [0.15, 0.2) is 24.3 Å². The third-order valence-corrected chi connectivity index (χ3v) is 1.88. The van der Waals surface area contributed by atoms with E-state index in [2.05, 4.69) is 13.2 Å². The predicted molar refractivity (Wildman–Crippen MR) is 66.2 cm³/mol. The molecule has 0 aromatic carbocycles. The van der Waals surface area contributed by atoms with E-state index in [0.29, 0.717) is 25.7 Å². The molecule has 0 fully saturated rings. The van der Waals surface area contributed by atoms with Crippen LogP contribution in [0.2, 0.25) is 0 Å². The van der Waals surface area contributed by atoms with Crippen molar-refractivity contribution in [2.24, 2.45) is 0 Å². The Morgan fingerprint density at radius 1 is 0.778 bits per heavy atom. The van der Waals surface area contributed by atoms with E-state index in [-0.39, 0.29) is 24.4 Å². The smallest absolute Gasteiger partial charge is 0.330 e. The maximum Gasteiger partial charge on any atom is 0.330 e. The molecule has 0 aromatic rings. The van der Waals surface area contributed by atoms with Crippen molar-refractivity contribution in [3.8, 4) is 0 Å². The first kappa shape index (κ1) is 18.7. The highest BCUT2D eigenvalue weighted by molar-refractivity contribution is 5.85. The summed E-state index contributed by atoms with van der Waals surface area (Å²) in [6.45, 7) is 6.60. The molecule has 0 heterocycles. The Morgan fingerprint density at radius 3 is 1.22 bits per heavy atom. The summed E-state index contributed by atoms with van der Waals surface area (Å²) in [6, 6.07) is 0. The van der Waals surface area contributed by atoms with E-state index in [0.717, 1.165) is 0 Å². The van der Waals surface area contributed by atoms with Crippen LogP contribution in [0.5, 0.6) is 0 Å². The summed E-state index contributed by atoms with van der Waals surface area (Å²) in [6.07, 6.45) is 1.69. The first-order chi connectivity index (χ1) is 8.36. The molecule has 0 amide bonds. The minimum Gasteiger partial charge on any atom is -0.478 e. The zero-order valence-electron chi connectivity index (χ0n) is 10.3. The number of hydrogen-bond acceptors (Lipinski definition) is 4. The Balaban J connectivity index is 0. The van der Waals surface area contributed by atoms with Gasteiger partial charge >= 0.3 is 11.9 Å². The molecular weight excluding hydrogens is 240 g/mol. The Kier molecular flexibility index (Phi) is 12.3. The summed E-state index contributed by atoms with van der Waals surface area (Å²) in [5, 5.41) is 33.0. The molecular formula is C12H20O6. The molecule has 0 bridgehead atoms. The van der Waals surface area contributed by atoms with Crippen LogP contribution in [-0.2, 0) is 9.59 Å². The molecule has 0 saturated heterocycles. The van der Waals surface area contributed by atoms with E-state index in [1.165, 1.54) is 0 Å². The van der Waals surface area contributed by atoms with Crippen molar-refractivity contribution in [2.75, 3.05) is 13.2 Å². The van der Waals surface area contributed by atoms with E-state index in [4.69, 9.17) is 20.4 Å². The first-order valence-electron chi connectivity index (χ1n) is 5.40. The van der Waals surface area contributed by atoms with Crippen molar-refractivity contribution in [3.63, 3.8) is 0 Å². The fourth-order valence-corrected chi connectivity index (χ4v) is 0.799. The van der Waals surface area contributed by atoms with Gasteiger partial charge in [-0.1, -0.05) is 13.2 Å². The van der Waals surface area contributed by atoms with Gasteiger partial charge in [0.2, 0.25) is 0 Å². The Morgan fingerprint density at radius 2 is 1.06 bits per heavy atom. The van der Waals surface area contributed by atoms with E-state index >= 15 is 0 Å². The van der Waals surface area contributed by atoms with Gasteiger partial charge in [-0.25, -0.2) is 9.59 Å². The van der Waals surface area contributed by atoms with Crippen molar-refractivity contribution in [1.29, 1.82) is 0 Å². The Hall–Kier alpha value is -1.66. The molecule has 0 aliphatic heterocycles. The first-order valence-corrected chi connectivity index (χ1v) is 5.40. The lowest BCUT2D eigenvalue weighted by atomic mass is 10.2. The number of carboxylic acid groups (broad SMARTS) is 2. The second-order valence-electron chi connectivity index (χ2n) is 3.47. The Labute approximate surface area is 106 Å².